The molecular formula is C40H22N2. The second-order valence-corrected chi connectivity index (χ2v) is 11.4. The van der Waals surface area contributed by atoms with Crippen molar-refractivity contribution in [1.29, 1.82) is 0 Å². The lowest BCUT2D eigenvalue weighted by Crippen LogP contribution is -1.86. The van der Waals surface area contributed by atoms with Crippen molar-refractivity contribution in [2.75, 3.05) is 0 Å². The minimum Gasteiger partial charge on any atom is -0.264 e. The summed E-state index contributed by atoms with van der Waals surface area (Å²) in [6.45, 7) is 0. The Kier molecular flexibility index (Phi) is 4.21. The van der Waals surface area contributed by atoms with Crippen LogP contribution in [0.25, 0.3) is 97.7 Å². The van der Waals surface area contributed by atoms with Crippen molar-refractivity contribution >= 4 is 75.4 Å². The lowest BCUT2D eigenvalue weighted by molar-refractivity contribution is 1.33. The van der Waals surface area contributed by atoms with E-state index in [0.717, 1.165) is 11.1 Å². The van der Waals surface area contributed by atoms with Gasteiger partial charge in [0.05, 0.1) is 0 Å². The van der Waals surface area contributed by atoms with Crippen LogP contribution in [0.5, 0.6) is 0 Å². The molecule has 2 heteroatoms. The molecule has 0 unspecified atom stereocenters. The third-order valence-electron chi connectivity index (χ3n) is 9.27. The third kappa shape index (κ3) is 2.83. The van der Waals surface area contributed by atoms with Crippen LogP contribution in [0.15, 0.2) is 134 Å². The molecule has 0 bridgehead atoms. The summed E-state index contributed by atoms with van der Waals surface area (Å²) in [5, 5.41) is 18.3. The fourth-order valence-corrected chi connectivity index (χ4v) is 7.48. The van der Waals surface area contributed by atoms with E-state index in [9.17, 15) is 0 Å². The van der Waals surface area contributed by atoms with Crippen molar-refractivity contribution in [2.24, 2.45) is 0 Å². The maximum Gasteiger partial charge on any atom is 0.0346 e. The number of fused-ring (bicyclic) bond motifs is 9. The van der Waals surface area contributed by atoms with Crippen molar-refractivity contribution in [2.45, 2.75) is 0 Å². The van der Waals surface area contributed by atoms with Gasteiger partial charge < -0.3 is 0 Å². The van der Waals surface area contributed by atoms with Crippen LogP contribution in [0.1, 0.15) is 0 Å². The third-order valence-corrected chi connectivity index (χ3v) is 9.27. The number of hydrogen-bond donors (Lipinski definition) is 0. The Morgan fingerprint density at radius 3 is 1.00 bits per heavy atom. The highest BCUT2D eigenvalue weighted by atomic mass is 14.6. The van der Waals surface area contributed by atoms with Gasteiger partial charge in [-0.25, -0.2) is 0 Å². The van der Waals surface area contributed by atoms with Crippen molar-refractivity contribution in [1.82, 2.24) is 9.97 Å². The Labute approximate surface area is 241 Å². The van der Waals surface area contributed by atoms with E-state index in [2.05, 4.69) is 107 Å². The highest BCUT2D eigenvalue weighted by Crippen LogP contribution is 2.49. The van der Waals surface area contributed by atoms with Gasteiger partial charge in [0.15, 0.2) is 0 Å². The minimum absolute atomic E-state index is 1.13. The van der Waals surface area contributed by atoms with Crippen LogP contribution < -0.4 is 0 Å². The highest BCUT2D eigenvalue weighted by Gasteiger charge is 2.21. The van der Waals surface area contributed by atoms with E-state index < -0.39 is 0 Å². The van der Waals surface area contributed by atoms with E-state index in [0.29, 0.717) is 0 Å². The summed E-state index contributed by atoms with van der Waals surface area (Å²) in [6, 6.07) is 40.5. The van der Waals surface area contributed by atoms with Crippen LogP contribution in [-0.2, 0) is 0 Å². The number of rotatable bonds is 2. The summed E-state index contributed by atoms with van der Waals surface area (Å²) in [7, 11) is 0. The smallest absolute Gasteiger partial charge is 0.0346 e. The van der Waals surface area contributed by atoms with Crippen molar-refractivity contribution in [3.63, 3.8) is 0 Å². The quantitative estimate of drug-likeness (QED) is 0.208. The molecule has 0 spiro atoms. The Bertz CT molecular complexity index is 2470. The average molecular weight is 531 g/mol. The number of benzene rings is 6. The molecule has 0 atom stereocenters. The molecule has 0 saturated carbocycles. The number of aromatic nitrogens is 2. The maximum atomic E-state index is 4.45. The zero-order chi connectivity index (χ0) is 27.4. The van der Waals surface area contributed by atoms with E-state index >= 15 is 0 Å². The Balaban J connectivity index is 1.48. The Hall–Kier alpha value is -5.60. The van der Waals surface area contributed by atoms with Gasteiger partial charge in [0.1, 0.15) is 0 Å². The van der Waals surface area contributed by atoms with Gasteiger partial charge in [-0.2, -0.15) is 0 Å². The minimum atomic E-state index is 1.13. The highest BCUT2D eigenvalue weighted by molar-refractivity contribution is 6.41. The summed E-state index contributed by atoms with van der Waals surface area (Å²) in [5.74, 6) is 0. The zero-order valence-corrected chi connectivity index (χ0v) is 22.6. The van der Waals surface area contributed by atoms with Crippen LogP contribution in [0.4, 0.5) is 0 Å². The van der Waals surface area contributed by atoms with Gasteiger partial charge in [-0.05, 0) is 135 Å². The summed E-state index contributed by atoms with van der Waals surface area (Å²) in [4.78, 5) is 8.90. The molecule has 0 amide bonds. The number of hydrogen-bond acceptors (Lipinski definition) is 2. The van der Waals surface area contributed by atoms with Gasteiger partial charge in [-0.1, -0.05) is 60.7 Å². The molecule has 42 heavy (non-hydrogen) atoms. The fourth-order valence-electron chi connectivity index (χ4n) is 7.48. The van der Waals surface area contributed by atoms with Gasteiger partial charge in [0, 0.05) is 35.9 Å². The topological polar surface area (TPSA) is 25.8 Å². The summed E-state index contributed by atoms with van der Waals surface area (Å²) in [5.41, 5.74) is 4.66. The summed E-state index contributed by atoms with van der Waals surface area (Å²) in [6.07, 6.45) is 7.63. The summed E-state index contributed by atoms with van der Waals surface area (Å²) >= 11 is 0. The predicted molar refractivity (Wildman–Crippen MR) is 178 cm³/mol. The van der Waals surface area contributed by atoms with Gasteiger partial charge in [-0.3, -0.25) is 9.97 Å². The molecule has 0 radical (unpaired) electrons. The first-order valence-corrected chi connectivity index (χ1v) is 14.4. The first-order valence-electron chi connectivity index (χ1n) is 14.4. The van der Waals surface area contributed by atoms with Crippen LogP contribution >= 0.6 is 0 Å². The van der Waals surface area contributed by atoms with Crippen LogP contribution in [0, 0.1) is 0 Å². The van der Waals surface area contributed by atoms with E-state index in [-0.39, 0.29) is 0 Å². The number of pyridine rings is 2. The normalized spacial score (nSPS) is 12.3. The molecule has 2 aromatic heterocycles. The molecule has 10 aromatic rings. The molecule has 0 aliphatic heterocycles. The average Bonchev–Trinajstić information content (AvgIpc) is 3.56. The molecule has 0 aliphatic rings. The molecular weight excluding hydrogens is 508 g/mol. The molecule has 0 aliphatic carbocycles. The lowest BCUT2D eigenvalue weighted by atomic mass is 9.90. The van der Waals surface area contributed by atoms with Gasteiger partial charge in [0.25, 0.3) is 0 Å². The van der Waals surface area contributed by atoms with Crippen molar-refractivity contribution in [3.05, 3.63) is 134 Å². The molecule has 0 fully saturated rings. The first-order chi connectivity index (χ1) is 20.8. The zero-order valence-electron chi connectivity index (χ0n) is 22.6. The first kappa shape index (κ1) is 22.1. The van der Waals surface area contributed by atoms with Gasteiger partial charge in [0.2, 0.25) is 0 Å². The standard InChI is InChI=1S/C40H22N2/c1-3-11-29-27(9-1)33-15-25(23-7-5-13-41-21-23)17-35-32-20-38-30-12-4-2-10-28(30)34-16-26(24-8-6-14-42-22-24)18-36(40(34)38)31(32)19-37(29)39(33)35/h1-22H. The lowest BCUT2D eigenvalue weighted by Gasteiger charge is -2.13. The molecule has 8 aromatic carbocycles. The van der Waals surface area contributed by atoms with E-state index in [1.54, 1.807) is 0 Å². The second-order valence-electron chi connectivity index (χ2n) is 11.4. The molecule has 192 valence electrons. The van der Waals surface area contributed by atoms with E-state index in [1.807, 2.05) is 36.9 Å². The van der Waals surface area contributed by atoms with Crippen LogP contribution in [0.3, 0.4) is 0 Å². The molecule has 0 N–H and O–H groups in total. The Morgan fingerprint density at radius 1 is 0.286 bits per heavy atom. The fraction of sp³-hybridized carbons (Fsp3) is 0. The van der Waals surface area contributed by atoms with Gasteiger partial charge in [-0.15, -0.1) is 0 Å². The van der Waals surface area contributed by atoms with E-state index in [1.165, 1.54) is 86.5 Å². The van der Waals surface area contributed by atoms with Crippen molar-refractivity contribution in [3.8, 4) is 22.3 Å². The van der Waals surface area contributed by atoms with Crippen molar-refractivity contribution < 1.29 is 0 Å². The monoisotopic (exact) mass is 530 g/mol. The second kappa shape index (κ2) is 7.99. The number of nitrogens with zero attached hydrogens (tertiary/aromatic N) is 2. The molecule has 0 saturated heterocycles. The molecule has 2 heterocycles. The Morgan fingerprint density at radius 2 is 0.643 bits per heavy atom. The van der Waals surface area contributed by atoms with Crippen LogP contribution in [-0.4, -0.2) is 9.97 Å². The SMILES string of the molecule is c1cncc(-c2cc3c4ccccc4c4cc5c(cc6c7ccccc7c7cc(-c8cccnc8)cc5c76)c(c2)c34)c1. The van der Waals surface area contributed by atoms with Crippen LogP contribution in [0.2, 0.25) is 0 Å². The molecule has 10 rings (SSSR count). The summed E-state index contributed by atoms with van der Waals surface area (Å²) < 4.78 is 0. The largest absolute Gasteiger partial charge is 0.264 e. The predicted octanol–water partition coefficient (Wildman–Crippen LogP) is 10.8. The molecule has 2 nitrogen and oxygen atoms in total. The maximum absolute atomic E-state index is 4.45. The van der Waals surface area contributed by atoms with Gasteiger partial charge >= 0.3 is 0 Å². The van der Waals surface area contributed by atoms with E-state index in [4.69, 9.17) is 0 Å².